The summed E-state index contributed by atoms with van der Waals surface area (Å²) < 4.78 is 42.3. The van der Waals surface area contributed by atoms with Crippen LogP contribution in [0.1, 0.15) is 0 Å². The van der Waals surface area contributed by atoms with Gasteiger partial charge in [0.15, 0.2) is 11.5 Å². The van der Waals surface area contributed by atoms with Gasteiger partial charge in [-0.05, 0) is 12.1 Å². The van der Waals surface area contributed by atoms with Crippen molar-refractivity contribution in [2.24, 2.45) is 4.40 Å². The third-order valence-electron chi connectivity index (χ3n) is 3.68. The summed E-state index contributed by atoms with van der Waals surface area (Å²) in [5.74, 6) is 3.61. The van der Waals surface area contributed by atoms with Crippen molar-refractivity contribution in [2.45, 2.75) is 11.4 Å². The van der Waals surface area contributed by atoms with E-state index in [1.54, 1.807) is 34.9 Å². The fourth-order valence-electron chi connectivity index (χ4n) is 2.46. The summed E-state index contributed by atoms with van der Waals surface area (Å²) in [4.78, 5) is 0.414. The minimum absolute atomic E-state index is 0.125. The minimum atomic E-state index is -3.85. The Morgan fingerprint density at radius 2 is 1.81 bits per heavy atom. The van der Waals surface area contributed by atoms with Crippen molar-refractivity contribution in [1.82, 2.24) is 4.57 Å². The van der Waals surface area contributed by atoms with Gasteiger partial charge in [-0.1, -0.05) is 35.5 Å². The zero-order valence-corrected chi connectivity index (χ0v) is 15.8. The van der Waals surface area contributed by atoms with Crippen molar-refractivity contribution >= 4 is 31.6 Å². The van der Waals surface area contributed by atoms with Crippen LogP contribution in [0.5, 0.6) is 11.5 Å². The van der Waals surface area contributed by atoms with E-state index in [4.69, 9.17) is 15.9 Å². The van der Waals surface area contributed by atoms with E-state index >= 15 is 0 Å². The van der Waals surface area contributed by atoms with Crippen LogP contribution in [0, 0.1) is 12.3 Å². The quantitative estimate of drug-likeness (QED) is 0.630. The highest BCUT2D eigenvalue weighted by molar-refractivity contribution is 7.90. The highest BCUT2D eigenvalue weighted by Gasteiger charge is 2.16. The van der Waals surface area contributed by atoms with E-state index in [9.17, 15) is 8.42 Å². The zero-order chi connectivity index (χ0) is 18.7. The molecule has 0 N–H and O–H groups in total. The lowest BCUT2D eigenvalue weighted by molar-refractivity contribution is 0.355. The number of benzene rings is 2. The van der Waals surface area contributed by atoms with E-state index in [1.807, 2.05) is 0 Å². The maximum absolute atomic E-state index is 12.6. The second-order valence-electron chi connectivity index (χ2n) is 5.23. The van der Waals surface area contributed by atoms with Crippen LogP contribution in [0.2, 0.25) is 0 Å². The van der Waals surface area contributed by atoms with E-state index in [2.05, 4.69) is 10.3 Å². The van der Waals surface area contributed by atoms with Crippen LogP contribution in [0.15, 0.2) is 51.8 Å². The molecule has 0 bridgehead atoms. The molecule has 1 aromatic heterocycles. The summed E-state index contributed by atoms with van der Waals surface area (Å²) in [6, 6.07) is 11.6. The van der Waals surface area contributed by atoms with Gasteiger partial charge in [-0.2, -0.15) is 8.42 Å². The van der Waals surface area contributed by atoms with Crippen LogP contribution >= 0.6 is 11.3 Å². The molecule has 0 aliphatic carbocycles. The molecule has 0 aliphatic rings. The number of terminal acetylenes is 1. The summed E-state index contributed by atoms with van der Waals surface area (Å²) in [6.07, 6.45) is 5.47. The number of methoxy groups -OCH3 is 2. The van der Waals surface area contributed by atoms with Gasteiger partial charge in [-0.25, -0.2) is 0 Å². The van der Waals surface area contributed by atoms with Crippen LogP contribution in [-0.4, -0.2) is 27.2 Å². The Kier molecular flexibility index (Phi) is 5.02. The zero-order valence-electron chi connectivity index (χ0n) is 14.2. The number of nitrogens with zero attached hydrogens (tertiary/aromatic N) is 2. The van der Waals surface area contributed by atoms with Crippen molar-refractivity contribution in [3.05, 3.63) is 47.3 Å². The molecule has 8 heteroatoms. The van der Waals surface area contributed by atoms with Crippen LogP contribution in [0.4, 0.5) is 0 Å². The molecule has 0 saturated heterocycles. The largest absolute Gasteiger partial charge is 0.493 e. The summed E-state index contributed by atoms with van der Waals surface area (Å²) in [5.41, 5.74) is 0.729. The van der Waals surface area contributed by atoms with E-state index in [0.717, 1.165) is 10.2 Å². The summed E-state index contributed by atoms with van der Waals surface area (Å²) >= 11 is 1.22. The smallest absolute Gasteiger partial charge is 0.285 e. The normalized spacial score (nSPS) is 12.1. The van der Waals surface area contributed by atoms with Gasteiger partial charge >= 0.3 is 0 Å². The molecule has 134 valence electrons. The first-order valence-corrected chi connectivity index (χ1v) is 9.80. The first kappa shape index (κ1) is 18.0. The van der Waals surface area contributed by atoms with Gasteiger partial charge in [-0.15, -0.1) is 10.8 Å². The van der Waals surface area contributed by atoms with Crippen molar-refractivity contribution in [2.75, 3.05) is 14.2 Å². The maximum Gasteiger partial charge on any atom is 0.285 e. The Morgan fingerprint density at radius 3 is 2.42 bits per heavy atom. The number of hydrogen-bond acceptors (Lipinski definition) is 5. The molecule has 0 fully saturated rings. The standard InChI is InChI=1S/C18H16N2O4S2/c1-4-10-20-14-11-15(23-2)16(24-3)12-17(14)25-18(20)19-26(21,22)13-8-6-5-7-9-13/h1,5-9,11-12H,10H2,2-3H3. The Bertz CT molecular complexity index is 1150. The molecule has 3 rings (SSSR count). The molecular weight excluding hydrogens is 372 g/mol. The molecule has 0 amide bonds. The topological polar surface area (TPSA) is 69.9 Å². The van der Waals surface area contributed by atoms with Gasteiger partial charge < -0.3 is 14.0 Å². The molecule has 0 aliphatic heterocycles. The summed E-state index contributed by atoms with van der Waals surface area (Å²) in [7, 11) is -0.776. The number of thiazole rings is 1. The Morgan fingerprint density at radius 1 is 1.15 bits per heavy atom. The van der Waals surface area contributed by atoms with E-state index in [-0.39, 0.29) is 16.2 Å². The van der Waals surface area contributed by atoms with Gasteiger partial charge in [0.25, 0.3) is 10.0 Å². The number of ether oxygens (including phenoxy) is 2. The lowest BCUT2D eigenvalue weighted by Gasteiger charge is -2.08. The lowest BCUT2D eigenvalue weighted by atomic mass is 10.3. The van der Waals surface area contributed by atoms with Crippen molar-refractivity contribution in [1.29, 1.82) is 0 Å². The Labute approximate surface area is 155 Å². The molecule has 0 spiro atoms. The molecule has 2 aromatic carbocycles. The molecule has 0 saturated carbocycles. The van der Waals surface area contributed by atoms with Gasteiger partial charge in [-0.3, -0.25) is 0 Å². The molecule has 0 radical (unpaired) electrons. The summed E-state index contributed by atoms with van der Waals surface area (Å²) in [5, 5.41) is 0. The predicted molar refractivity (Wildman–Crippen MR) is 101 cm³/mol. The molecule has 0 atom stereocenters. The van der Waals surface area contributed by atoms with Crippen LogP contribution < -0.4 is 14.3 Å². The fourth-order valence-corrected chi connectivity index (χ4v) is 4.72. The van der Waals surface area contributed by atoms with Crippen LogP contribution in [0.3, 0.4) is 0 Å². The predicted octanol–water partition coefficient (Wildman–Crippen LogP) is 2.64. The highest BCUT2D eigenvalue weighted by atomic mass is 32.2. The van der Waals surface area contributed by atoms with Crippen molar-refractivity contribution in [3.8, 4) is 23.8 Å². The van der Waals surface area contributed by atoms with Crippen molar-refractivity contribution < 1.29 is 17.9 Å². The summed E-state index contributed by atoms with van der Waals surface area (Å²) in [6.45, 7) is 0.179. The fraction of sp³-hybridized carbons (Fsp3) is 0.167. The van der Waals surface area contributed by atoms with E-state index in [0.29, 0.717) is 11.5 Å². The maximum atomic E-state index is 12.6. The number of fused-ring (bicyclic) bond motifs is 1. The molecular formula is C18H16N2O4S2. The molecule has 1 heterocycles. The SMILES string of the molecule is C#CCn1c(=NS(=O)(=O)c2ccccc2)sc2cc(OC)c(OC)cc21. The first-order chi connectivity index (χ1) is 12.5. The molecule has 6 nitrogen and oxygen atoms in total. The van der Waals surface area contributed by atoms with Crippen molar-refractivity contribution in [3.63, 3.8) is 0 Å². The van der Waals surface area contributed by atoms with E-state index < -0.39 is 10.0 Å². The second-order valence-corrected chi connectivity index (χ2v) is 7.84. The van der Waals surface area contributed by atoms with Gasteiger partial charge in [0.05, 0.1) is 35.9 Å². The molecule has 26 heavy (non-hydrogen) atoms. The van der Waals surface area contributed by atoms with Gasteiger partial charge in [0.2, 0.25) is 4.80 Å². The Hall–Kier alpha value is -2.76. The molecule has 3 aromatic rings. The third-order valence-corrected chi connectivity index (χ3v) is 6.11. The number of rotatable bonds is 5. The second kappa shape index (κ2) is 7.23. The average molecular weight is 388 g/mol. The van der Waals surface area contributed by atoms with Crippen LogP contribution in [-0.2, 0) is 16.6 Å². The van der Waals surface area contributed by atoms with Gasteiger partial charge in [0, 0.05) is 12.1 Å². The first-order valence-electron chi connectivity index (χ1n) is 7.55. The minimum Gasteiger partial charge on any atom is -0.493 e. The highest BCUT2D eigenvalue weighted by Crippen LogP contribution is 2.33. The Balaban J connectivity index is 2.29. The average Bonchev–Trinajstić information content (AvgIpc) is 2.97. The number of hydrogen-bond donors (Lipinski definition) is 0. The van der Waals surface area contributed by atoms with E-state index in [1.165, 1.54) is 37.7 Å². The molecule has 0 unspecified atom stereocenters. The van der Waals surface area contributed by atoms with Crippen LogP contribution in [0.25, 0.3) is 10.2 Å². The lowest BCUT2D eigenvalue weighted by Crippen LogP contribution is -2.16. The number of aromatic nitrogens is 1. The van der Waals surface area contributed by atoms with Gasteiger partial charge in [0.1, 0.15) is 0 Å². The monoisotopic (exact) mass is 388 g/mol. The third kappa shape index (κ3) is 3.31. The number of sulfonamides is 1.